The normalized spacial score (nSPS) is 10.2. The van der Waals surface area contributed by atoms with E-state index < -0.39 is 0 Å². The Balaban J connectivity index is 1.93. The van der Waals surface area contributed by atoms with Gasteiger partial charge in [0.05, 0.1) is 6.20 Å². The van der Waals surface area contributed by atoms with Crippen molar-refractivity contribution in [2.24, 2.45) is 7.05 Å². The van der Waals surface area contributed by atoms with Gasteiger partial charge in [0.15, 0.2) is 0 Å². The van der Waals surface area contributed by atoms with Crippen molar-refractivity contribution in [3.8, 4) is 0 Å². The molecule has 0 aliphatic carbocycles. The summed E-state index contributed by atoms with van der Waals surface area (Å²) in [7, 11) is 1.83. The maximum absolute atomic E-state index is 4.07. The van der Waals surface area contributed by atoms with E-state index in [9.17, 15) is 0 Å². The largest absolute Gasteiger partial charge is 0.349 e. The first kappa shape index (κ1) is 7.78. The van der Waals surface area contributed by atoms with E-state index in [1.165, 1.54) is 0 Å². The number of hydrogen-bond donors (Lipinski definition) is 2. The molecule has 2 aromatic heterocycles. The van der Waals surface area contributed by atoms with Gasteiger partial charge in [-0.2, -0.15) is 5.10 Å². The van der Waals surface area contributed by atoms with Crippen molar-refractivity contribution in [2.75, 3.05) is 5.32 Å². The zero-order valence-electron chi connectivity index (χ0n) is 7.23. The van der Waals surface area contributed by atoms with E-state index in [2.05, 4.69) is 25.6 Å². The fourth-order valence-corrected chi connectivity index (χ4v) is 0.976. The minimum atomic E-state index is 0.628. The van der Waals surface area contributed by atoms with Gasteiger partial charge < -0.3 is 5.32 Å². The molecular formula is C7H10N6. The summed E-state index contributed by atoms with van der Waals surface area (Å²) in [4.78, 5) is 4.03. The van der Waals surface area contributed by atoms with Crippen molar-refractivity contribution in [3.63, 3.8) is 0 Å². The summed E-state index contributed by atoms with van der Waals surface area (Å²) in [6, 6.07) is 0. The topological polar surface area (TPSA) is 71.4 Å². The first-order valence-electron chi connectivity index (χ1n) is 3.92. The van der Waals surface area contributed by atoms with Crippen molar-refractivity contribution in [1.82, 2.24) is 25.0 Å². The summed E-state index contributed by atoms with van der Waals surface area (Å²) in [5, 5.41) is 13.7. The predicted octanol–water partition coefficient (Wildman–Crippen LogP) is 0.150. The van der Waals surface area contributed by atoms with Crippen LogP contribution in [0.25, 0.3) is 0 Å². The average Bonchev–Trinajstić information content (AvgIpc) is 2.71. The van der Waals surface area contributed by atoms with E-state index in [4.69, 9.17) is 0 Å². The maximum atomic E-state index is 4.07. The van der Waals surface area contributed by atoms with Gasteiger partial charge in [0.25, 0.3) is 0 Å². The van der Waals surface area contributed by atoms with Crippen LogP contribution in [0.4, 0.5) is 5.95 Å². The third kappa shape index (κ3) is 1.84. The molecular weight excluding hydrogens is 168 g/mol. The van der Waals surface area contributed by atoms with Crippen molar-refractivity contribution in [2.45, 2.75) is 6.54 Å². The number of aryl methyl sites for hydroxylation is 1. The highest BCUT2D eigenvalue weighted by Gasteiger charge is 1.97. The zero-order chi connectivity index (χ0) is 9.10. The Bertz CT molecular complexity index is 362. The highest BCUT2D eigenvalue weighted by atomic mass is 15.4. The van der Waals surface area contributed by atoms with Crippen LogP contribution < -0.4 is 5.32 Å². The van der Waals surface area contributed by atoms with Gasteiger partial charge >= 0.3 is 0 Å². The molecule has 0 radical (unpaired) electrons. The fraction of sp³-hybridized carbons (Fsp3) is 0.286. The quantitative estimate of drug-likeness (QED) is 0.701. The molecule has 0 bridgehead atoms. The Hall–Kier alpha value is -1.85. The zero-order valence-corrected chi connectivity index (χ0v) is 7.23. The lowest BCUT2D eigenvalue weighted by atomic mass is 10.4. The molecule has 0 aliphatic rings. The van der Waals surface area contributed by atoms with Crippen LogP contribution in [0.3, 0.4) is 0 Å². The first-order valence-corrected chi connectivity index (χ1v) is 3.92. The molecule has 0 amide bonds. The molecule has 2 heterocycles. The van der Waals surface area contributed by atoms with Crippen LogP contribution in [-0.2, 0) is 13.6 Å². The van der Waals surface area contributed by atoms with Gasteiger partial charge in [0, 0.05) is 25.4 Å². The number of nitrogens with one attached hydrogen (secondary N) is 2. The molecule has 13 heavy (non-hydrogen) atoms. The van der Waals surface area contributed by atoms with E-state index in [1.807, 2.05) is 13.2 Å². The molecule has 2 N–H and O–H groups in total. The van der Waals surface area contributed by atoms with Gasteiger partial charge in [0.2, 0.25) is 5.95 Å². The summed E-state index contributed by atoms with van der Waals surface area (Å²) in [6.45, 7) is 0.681. The van der Waals surface area contributed by atoms with E-state index in [1.54, 1.807) is 17.2 Å². The van der Waals surface area contributed by atoms with Gasteiger partial charge in [-0.3, -0.25) is 9.78 Å². The summed E-state index contributed by atoms with van der Waals surface area (Å²) in [5.41, 5.74) is 1.08. The van der Waals surface area contributed by atoms with Crippen molar-refractivity contribution in [1.29, 1.82) is 0 Å². The van der Waals surface area contributed by atoms with E-state index >= 15 is 0 Å². The highest BCUT2D eigenvalue weighted by molar-refractivity contribution is 5.23. The lowest BCUT2D eigenvalue weighted by Crippen LogP contribution is -2.00. The Morgan fingerprint density at radius 3 is 3.15 bits per heavy atom. The average molecular weight is 178 g/mol. The molecule has 0 spiro atoms. The van der Waals surface area contributed by atoms with Gasteiger partial charge in [-0.1, -0.05) is 0 Å². The molecule has 0 saturated heterocycles. The van der Waals surface area contributed by atoms with Crippen LogP contribution in [0.5, 0.6) is 0 Å². The van der Waals surface area contributed by atoms with Crippen LogP contribution in [0.15, 0.2) is 18.7 Å². The second-order valence-electron chi connectivity index (χ2n) is 2.70. The number of H-pyrrole nitrogens is 1. The minimum absolute atomic E-state index is 0.628. The molecule has 6 nitrogen and oxygen atoms in total. The summed E-state index contributed by atoms with van der Waals surface area (Å²) in [5.74, 6) is 0.628. The van der Waals surface area contributed by atoms with Gasteiger partial charge in [0.1, 0.15) is 6.33 Å². The van der Waals surface area contributed by atoms with Crippen LogP contribution in [0, 0.1) is 0 Å². The lowest BCUT2D eigenvalue weighted by molar-refractivity contribution is 0.766. The number of aromatic amines is 1. The van der Waals surface area contributed by atoms with Crippen LogP contribution >= 0.6 is 0 Å². The summed E-state index contributed by atoms with van der Waals surface area (Å²) < 4.78 is 1.65. The van der Waals surface area contributed by atoms with Crippen molar-refractivity contribution in [3.05, 3.63) is 24.3 Å². The minimum Gasteiger partial charge on any atom is -0.349 e. The van der Waals surface area contributed by atoms with Crippen LogP contribution in [0.2, 0.25) is 0 Å². The third-order valence-electron chi connectivity index (χ3n) is 1.61. The number of aromatic nitrogens is 5. The molecule has 0 aromatic carbocycles. The standard InChI is InChI=1S/C7H10N6/c1-13-5-9-7(12-13)8-2-6-3-10-11-4-6/h3-5H,2H2,1H3,(H,8,12)(H,10,11). The number of anilines is 1. The van der Waals surface area contributed by atoms with Crippen molar-refractivity contribution < 1.29 is 0 Å². The molecule has 0 fully saturated rings. The molecule has 68 valence electrons. The molecule has 0 unspecified atom stereocenters. The van der Waals surface area contributed by atoms with Crippen LogP contribution in [0.1, 0.15) is 5.56 Å². The van der Waals surface area contributed by atoms with E-state index in [-0.39, 0.29) is 0 Å². The predicted molar refractivity (Wildman–Crippen MR) is 46.9 cm³/mol. The molecule has 2 rings (SSSR count). The van der Waals surface area contributed by atoms with Gasteiger partial charge in [-0.05, 0) is 0 Å². The molecule has 2 aromatic rings. The third-order valence-corrected chi connectivity index (χ3v) is 1.61. The monoisotopic (exact) mass is 178 g/mol. The smallest absolute Gasteiger partial charge is 0.242 e. The lowest BCUT2D eigenvalue weighted by Gasteiger charge is -1.96. The SMILES string of the molecule is Cn1cnc(NCc2cn[nH]c2)n1. The summed E-state index contributed by atoms with van der Waals surface area (Å²) >= 11 is 0. The Morgan fingerprint density at radius 2 is 2.54 bits per heavy atom. The van der Waals surface area contributed by atoms with E-state index in [0.29, 0.717) is 12.5 Å². The Morgan fingerprint density at radius 1 is 1.62 bits per heavy atom. The number of nitrogens with zero attached hydrogens (tertiary/aromatic N) is 4. The highest BCUT2D eigenvalue weighted by Crippen LogP contribution is 1.99. The van der Waals surface area contributed by atoms with Crippen LogP contribution in [-0.4, -0.2) is 25.0 Å². The van der Waals surface area contributed by atoms with Gasteiger partial charge in [-0.25, -0.2) is 4.98 Å². The Kier molecular flexibility index (Phi) is 1.95. The molecule has 0 saturated carbocycles. The second-order valence-corrected chi connectivity index (χ2v) is 2.70. The number of hydrogen-bond acceptors (Lipinski definition) is 4. The number of rotatable bonds is 3. The van der Waals surface area contributed by atoms with E-state index in [0.717, 1.165) is 5.56 Å². The maximum Gasteiger partial charge on any atom is 0.242 e. The summed E-state index contributed by atoms with van der Waals surface area (Å²) in [6.07, 6.45) is 5.24. The second kappa shape index (κ2) is 3.26. The van der Waals surface area contributed by atoms with Crippen molar-refractivity contribution >= 4 is 5.95 Å². The fourth-order valence-electron chi connectivity index (χ4n) is 0.976. The molecule has 6 heteroatoms. The molecule has 0 atom stereocenters. The van der Waals surface area contributed by atoms with Gasteiger partial charge in [-0.15, -0.1) is 5.10 Å². The first-order chi connectivity index (χ1) is 6.34. The molecule has 0 aliphatic heterocycles. The Labute approximate surface area is 75.0 Å².